The Morgan fingerprint density at radius 2 is 2.14 bits per heavy atom. The summed E-state index contributed by atoms with van der Waals surface area (Å²) >= 11 is 0. The Morgan fingerprint density at radius 1 is 1.24 bits per heavy atom. The first-order valence-corrected chi connectivity index (χ1v) is 7.61. The van der Waals surface area contributed by atoms with Crippen LogP contribution in [0.15, 0.2) is 24.4 Å². The summed E-state index contributed by atoms with van der Waals surface area (Å²) in [5, 5.41) is 18.5. The highest BCUT2D eigenvalue weighted by molar-refractivity contribution is 5.60. The number of nitrogens with zero attached hydrogens (tertiary/aromatic N) is 3. The average molecular weight is 285 g/mol. The average Bonchev–Trinajstić information content (AvgIpc) is 3.16. The van der Waals surface area contributed by atoms with Gasteiger partial charge in [-0.25, -0.2) is 4.68 Å². The second-order valence-corrected chi connectivity index (χ2v) is 5.92. The summed E-state index contributed by atoms with van der Waals surface area (Å²) in [5.74, 6) is 0. The molecule has 5 heteroatoms. The van der Waals surface area contributed by atoms with Gasteiger partial charge in [-0.2, -0.15) is 0 Å². The highest BCUT2D eigenvalue weighted by atomic mass is 16.5. The molecule has 0 amide bonds. The first kappa shape index (κ1) is 13.0. The van der Waals surface area contributed by atoms with E-state index in [0.717, 1.165) is 17.7 Å². The number of rotatable bonds is 2. The van der Waals surface area contributed by atoms with E-state index in [0.29, 0.717) is 19.6 Å². The third-order valence-electron chi connectivity index (χ3n) is 4.54. The minimum absolute atomic E-state index is 0.130. The van der Waals surface area contributed by atoms with Gasteiger partial charge in [0.05, 0.1) is 18.9 Å². The number of fused-ring (bicyclic) bond motifs is 1. The summed E-state index contributed by atoms with van der Waals surface area (Å²) in [4.78, 5) is 0. The van der Waals surface area contributed by atoms with Crippen molar-refractivity contribution in [3.05, 3.63) is 35.5 Å². The molecule has 0 radical (unpaired) electrons. The highest BCUT2D eigenvalue weighted by Gasteiger charge is 2.26. The van der Waals surface area contributed by atoms with Crippen molar-refractivity contribution in [3.63, 3.8) is 0 Å². The van der Waals surface area contributed by atoms with Crippen molar-refractivity contribution >= 4 is 0 Å². The number of hydrogen-bond acceptors (Lipinski definition) is 4. The van der Waals surface area contributed by atoms with Crippen LogP contribution >= 0.6 is 0 Å². The third kappa shape index (κ3) is 2.36. The molecule has 2 atom stereocenters. The van der Waals surface area contributed by atoms with Crippen LogP contribution in [-0.4, -0.2) is 39.4 Å². The number of aliphatic hydroxyl groups excluding tert-OH is 1. The molecule has 110 valence electrons. The molecule has 1 fully saturated rings. The summed E-state index contributed by atoms with van der Waals surface area (Å²) in [6.45, 7) is 1.11. The van der Waals surface area contributed by atoms with Crippen LogP contribution in [0, 0.1) is 0 Å². The van der Waals surface area contributed by atoms with Crippen LogP contribution in [0.3, 0.4) is 0 Å². The zero-order valence-corrected chi connectivity index (χ0v) is 11.9. The number of aryl methyl sites for hydroxylation is 2. The first-order chi connectivity index (χ1) is 10.3. The smallest absolute Gasteiger partial charge is 0.113 e. The third-order valence-corrected chi connectivity index (χ3v) is 4.54. The van der Waals surface area contributed by atoms with Crippen LogP contribution in [0.5, 0.6) is 0 Å². The van der Waals surface area contributed by atoms with Crippen LogP contribution in [0.4, 0.5) is 0 Å². The Hall–Kier alpha value is -1.72. The Morgan fingerprint density at radius 3 is 3.05 bits per heavy atom. The fourth-order valence-corrected chi connectivity index (χ4v) is 3.27. The molecule has 21 heavy (non-hydrogen) atoms. The largest absolute Gasteiger partial charge is 0.391 e. The molecule has 1 aromatic heterocycles. The summed E-state index contributed by atoms with van der Waals surface area (Å²) in [5.41, 5.74) is 4.86. The lowest BCUT2D eigenvalue weighted by Gasteiger charge is -2.27. The van der Waals surface area contributed by atoms with Gasteiger partial charge in [-0.3, -0.25) is 0 Å². The lowest BCUT2D eigenvalue weighted by molar-refractivity contribution is -0.0335. The minimum atomic E-state index is -0.409. The molecule has 1 aromatic carbocycles. The van der Waals surface area contributed by atoms with Gasteiger partial charge in [-0.05, 0) is 42.9 Å². The standard InChI is InChI=1S/C16H19N3O2/c20-16-6-7-21-10-15(16)19-9-14(17-18-19)13-5-4-11-2-1-3-12(11)8-13/h4-5,8-9,15-16,20H,1-3,6-7,10H2/t15-,16-/m1/s1. The van der Waals surface area contributed by atoms with Gasteiger partial charge in [-0.15, -0.1) is 5.10 Å². The first-order valence-electron chi connectivity index (χ1n) is 7.61. The Balaban J connectivity index is 1.62. The normalized spacial score (nSPS) is 25.0. The maximum absolute atomic E-state index is 10.1. The minimum Gasteiger partial charge on any atom is -0.391 e. The van der Waals surface area contributed by atoms with E-state index in [4.69, 9.17) is 4.74 Å². The predicted molar refractivity (Wildman–Crippen MR) is 78.0 cm³/mol. The van der Waals surface area contributed by atoms with Gasteiger partial charge in [-0.1, -0.05) is 17.3 Å². The molecule has 2 heterocycles. The van der Waals surface area contributed by atoms with Crippen molar-refractivity contribution in [2.75, 3.05) is 13.2 Å². The van der Waals surface area contributed by atoms with Crippen LogP contribution < -0.4 is 0 Å². The SMILES string of the molecule is O[C@@H]1CCOC[C@H]1n1cc(-c2ccc3c(c2)CCC3)nn1. The van der Waals surface area contributed by atoms with Crippen molar-refractivity contribution < 1.29 is 9.84 Å². The monoisotopic (exact) mass is 285 g/mol. The van der Waals surface area contributed by atoms with E-state index in [1.54, 1.807) is 4.68 Å². The number of ether oxygens (including phenoxy) is 1. The molecular weight excluding hydrogens is 266 g/mol. The second kappa shape index (κ2) is 5.24. The van der Waals surface area contributed by atoms with Crippen LogP contribution in [-0.2, 0) is 17.6 Å². The molecular formula is C16H19N3O2. The van der Waals surface area contributed by atoms with Gasteiger partial charge < -0.3 is 9.84 Å². The number of aliphatic hydroxyl groups is 1. The molecule has 4 rings (SSSR count). The lowest BCUT2D eigenvalue weighted by atomic mass is 10.0. The maximum atomic E-state index is 10.1. The van der Waals surface area contributed by atoms with E-state index < -0.39 is 6.10 Å². The van der Waals surface area contributed by atoms with Gasteiger partial charge in [0.1, 0.15) is 11.7 Å². The summed E-state index contributed by atoms with van der Waals surface area (Å²) in [6, 6.07) is 6.42. The zero-order chi connectivity index (χ0) is 14.2. The van der Waals surface area contributed by atoms with Crippen molar-refractivity contribution in [2.24, 2.45) is 0 Å². The van der Waals surface area contributed by atoms with Crippen LogP contribution in [0.2, 0.25) is 0 Å². The van der Waals surface area contributed by atoms with Gasteiger partial charge >= 0.3 is 0 Å². The predicted octanol–water partition coefficient (Wildman–Crippen LogP) is 1.76. The molecule has 1 aliphatic heterocycles. The second-order valence-electron chi connectivity index (χ2n) is 5.92. The summed E-state index contributed by atoms with van der Waals surface area (Å²) in [6.07, 6.45) is 5.75. The molecule has 1 aliphatic carbocycles. The quantitative estimate of drug-likeness (QED) is 0.913. The van der Waals surface area contributed by atoms with E-state index in [9.17, 15) is 5.11 Å². The van der Waals surface area contributed by atoms with Crippen molar-refractivity contribution in [3.8, 4) is 11.3 Å². The summed E-state index contributed by atoms with van der Waals surface area (Å²) < 4.78 is 7.18. The van der Waals surface area contributed by atoms with Gasteiger partial charge in [0.15, 0.2) is 0 Å². The molecule has 0 unspecified atom stereocenters. The maximum Gasteiger partial charge on any atom is 0.113 e. The molecule has 2 aromatic rings. The van der Waals surface area contributed by atoms with Crippen LogP contribution in [0.25, 0.3) is 11.3 Å². The molecule has 0 saturated carbocycles. The van der Waals surface area contributed by atoms with Gasteiger partial charge in [0.2, 0.25) is 0 Å². The van der Waals surface area contributed by atoms with Gasteiger partial charge in [0.25, 0.3) is 0 Å². The van der Waals surface area contributed by atoms with E-state index in [1.165, 1.54) is 24.0 Å². The van der Waals surface area contributed by atoms with E-state index in [1.807, 2.05) is 6.20 Å². The molecule has 1 saturated heterocycles. The van der Waals surface area contributed by atoms with Gasteiger partial charge in [0, 0.05) is 12.2 Å². The molecule has 0 spiro atoms. The number of hydrogen-bond donors (Lipinski definition) is 1. The molecule has 0 bridgehead atoms. The fourth-order valence-electron chi connectivity index (χ4n) is 3.27. The Labute approximate surface area is 123 Å². The fraction of sp³-hybridized carbons (Fsp3) is 0.500. The van der Waals surface area contributed by atoms with E-state index >= 15 is 0 Å². The Kier molecular flexibility index (Phi) is 3.24. The topological polar surface area (TPSA) is 60.2 Å². The van der Waals surface area contributed by atoms with Crippen molar-refractivity contribution in [1.29, 1.82) is 0 Å². The number of benzene rings is 1. The molecule has 5 nitrogen and oxygen atoms in total. The highest BCUT2D eigenvalue weighted by Crippen LogP contribution is 2.28. The number of aromatic nitrogens is 3. The lowest BCUT2D eigenvalue weighted by Crippen LogP contribution is -2.34. The zero-order valence-electron chi connectivity index (χ0n) is 11.9. The Bertz CT molecular complexity index is 653. The van der Waals surface area contributed by atoms with E-state index in [2.05, 4.69) is 28.5 Å². The molecule has 1 N–H and O–H groups in total. The van der Waals surface area contributed by atoms with Crippen molar-refractivity contribution in [1.82, 2.24) is 15.0 Å². The van der Waals surface area contributed by atoms with E-state index in [-0.39, 0.29) is 6.04 Å². The summed E-state index contributed by atoms with van der Waals surface area (Å²) in [7, 11) is 0. The van der Waals surface area contributed by atoms with Crippen LogP contribution in [0.1, 0.15) is 30.0 Å². The molecule has 2 aliphatic rings. The van der Waals surface area contributed by atoms with Crippen molar-refractivity contribution in [2.45, 2.75) is 37.8 Å².